The van der Waals surface area contributed by atoms with Crippen molar-refractivity contribution in [1.29, 1.82) is 0 Å². The van der Waals surface area contributed by atoms with E-state index in [1.54, 1.807) is 12.1 Å². The summed E-state index contributed by atoms with van der Waals surface area (Å²) in [6, 6.07) is 11.5. The van der Waals surface area contributed by atoms with Crippen LogP contribution in [0.25, 0.3) is 33.5 Å². The van der Waals surface area contributed by atoms with Crippen LogP contribution < -0.4 is 0 Å². The highest BCUT2D eigenvalue weighted by Crippen LogP contribution is 2.28. The van der Waals surface area contributed by atoms with E-state index in [9.17, 15) is 0 Å². The van der Waals surface area contributed by atoms with Crippen molar-refractivity contribution >= 4 is 33.6 Å². The molecule has 0 unspecified atom stereocenters. The molecule has 2 aromatic heterocycles. The van der Waals surface area contributed by atoms with Crippen molar-refractivity contribution in [2.45, 2.75) is 0 Å². The molecule has 0 aliphatic heterocycles. The predicted molar refractivity (Wildman–Crippen MR) is 78.7 cm³/mol. The van der Waals surface area contributed by atoms with Gasteiger partial charge in [0, 0.05) is 29.1 Å². The van der Waals surface area contributed by atoms with Crippen molar-refractivity contribution in [2.24, 2.45) is 7.05 Å². The second-order valence-corrected chi connectivity index (χ2v) is 5.11. The standard InChI is InChI=1S/C15H10ClN3O/c1-19-13-6-9(2-3-10(13)8-17-19)15-18-12-5-4-11(16)7-14(12)20-15/h2-8H,1H3. The number of fused-ring (bicyclic) bond motifs is 2. The Morgan fingerprint density at radius 2 is 2.05 bits per heavy atom. The Kier molecular flexibility index (Phi) is 2.35. The molecule has 4 aromatic rings. The molecule has 0 saturated carbocycles. The molecule has 0 radical (unpaired) electrons. The highest BCUT2D eigenvalue weighted by molar-refractivity contribution is 6.31. The molecule has 5 heteroatoms. The van der Waals surface area contributed by atoms with Gasteiger partial charge < -0.3 is 4.42 Å². The molecule has 0 fully saturated rings. The molecule has 2 aromatic carbocycles. The Bertz CT molecular complexity index is 939. The number of aromatic nitrogens is 3. The maximum atomic E-state index is 5.96. The van der Waals surface area contributed by atoms with Gasteiger partial charge >= 0.3 is 0 Å². The van der Waals surface area contributed by atoms with E-state index in [0.29, 0.717) is 16.5 Å². The van der Waals surface area contributed by atoms with Gasteiger partial charge in [0.2, 0.25) is 5.89 Å². The SMILES string of the molecule is Cn1ncc2ccc(-c3nc4ccc(Cl)cc4o3)cc21. The lowest BCUT2D eigenvalue weighted by molar-refractivity contribution is 0.620. The number of halogens is 1. The van der Waals surface area contributed by atoms with Gasteiger partial charge in [-0.1, -0.05) is 17.7 Å². The minimum Gasteiger partial charge on any atom is -0.436 e. The average Bonchev–Trinajstić information content (AvgIpc) is 3.02. The number of benzene rings is 2. The predicted octanol–water partition coefficient (Wildman–Crippen LogP) is 4.03. The third-order valence-electron chi connectivity index (χ3n) is 3.35. The summed E-state index contributed by atoms with van der Waals surface area (Å²) < 4.78 is 7.61. The van der Waals surface area contributed by atoms with Crippen LogP contribution in [0, 0.1) is 0 Å². The van der Waals surface area contributed by atoms with Gasteiger partial charge in [-0.3, -0.25) is 4.68 Å². The van der Waals surface area contributed by atoms with E-state index in [0.717, 1.165) is 22.0 Å². The fraction of sp³-hybridized carbons (Fsp3) is 0.0667. The molecule has 0 N–H and O–H groups in total. The van der Waals surface area contributed by atoms with Crippen LogP contribution in [0.15, 0.2) is 47.0 Å². The zero-order valence-corrected chi connectivity index (χ0v) is 11.4. The highest BCUT2D eigenvalue weighted by Gasteiger charge is 2.10. The van der Waals surface area contributed by atoms with Crippen LogP contribution in [-0.2, 0) is 7.05 Å². The second-order valence-electron chi connectivity index (χ2n) is 4.67. The normalized spacial score (nSPS) is 11.5. The lowest BCUT2D eigenvalue weighted by Gasteiger charge is -1.97. The molecule has 0 aliphatic carbocycles. The first-order valence-corrected chi connectivity index (χ1v) is 6.57. The zero-order chi connectivity index (χ0) is 13.7. The third-order valence-corrected chi connectivity index (χ3v) is 3.58. The molecule has 0 atom stereocenters. The Morgan fingerprint density at radius 1 is 1.15 bits per heavy atom. The molecular formula is C15H10ClN3O. The first-order chi connectivity index (χ1) is 9.70. The zero-order valence-electron chi connectivity index (χ0n) is 10.7. The molecule has 4 rings (SSSR count). The molecule has 0 saturated heterocycles. The van der Waals surface area contributed by atoms with Crippen LogP contribution in [0.2, 0.25) is 5.02 Å². The summed E-state index contributed by atoms with van der Waals surface area (Å²) >= 11 is 5.96. The molecule has 0 spiro atoms. The third kappa shape index (κ3) is 1.69. The van der Waals surface area contributed by atoms with E-state index >= 15 is 0 Å². The van der Waals surface area contributed by atoms with Gasteiger partial charge in [-0.05, 0) is 24.3 Å². The largest absolute Gasteiger partial charge is 0.436 e. The molecule has 0 aliphatic rings. The summed E-state index contributed by atoms with van der Waals surface area (Å²) in [4.78, 5) is 4.49. The quantitative estimate of drug-likeness (QED) is 0.530. The van der Waals surface area contributed by atoms with Gasteiger partial charge in [0.15, 0.2) is 5.58 Å². The number of hydrogen-bond donors (Lipinski definition) is 0. The van der Waals surface area contributed by atoms with E-state index in [1.165, 1.54) is 0 Å². The van der Waals surface area contributed by atoms with Crippen LogP contribution in [0.1, 0.15) is 0 Å². The van der Waals surface area contributed by atoms with Crippen molar-refractivity contribution in [2.75, 3.05) is 0 Å². The van der Waals surface area contributed by atoms with Gasteiger partial charge in [0.1, 0.15) is 5.52 Å². The molecule has 98 valence electrons. The maximum absolute atomic E-state index is 5.96. The summed E-state index contributed by atoms with van der Waals surface area (Å²) in [7, 11) is 1.91. The smallest absolute Gasteiger partial charge is 0.227 e. The minimum absolute atomic E-state index is 0.588. The van der Waals surface area contributed by atoms with Gasteiger partial charge in [-0.2, -0.15) is 5.10 Å². The number of oxazole rings is 1. The van der Waals surface area contributed by atoms with Gasteiger partial charge in [-0.25, -0.2) is 4.98 Å². The fourth-order valence-electron chi connectivity index (χ4n) is 2.30. The first kappa shape index (κ1) is 11.5. The Balaban J connectivity index is 1.93. The first-order valence-electron chi connectivity index (χ1n) is 6.19. The number of aryl methyl sites for hydroxylation is 1. The van der Waals surface area contributed by atoms with Crippen LogP contribution in [0.4, 0.5) is 0 Å². The van der Waals surface area contributed by atoms with Crippen molar-refractivity contribution < 1.29 is 4.42 Å². The van der Waals surface area contributed by atoms with Crippen LogP contribution in [-0.4, -0.2) is 14.8 Å². The highest BCUT2D eigenvalue weighted by atomic mass is 35.5. The molecule has 0 bridgehead atoms. The van der Waals surface area contributed by atoms with Crippen molar-refractivity contribution in [3.05, 3.63) is 47.6 Å². The molecule has 0 amide bonds. The van der Waals surface area contributed by atoms with Crippen molar-refractivity contribution in [1.82, 2.24) is 14.8 Å². The average molecular weight is 284 g/mol. The monoisotopic (exact) mass is 283 g/mol. The maximum Gasteiger partial charge on any atom is 0.227 e. The van der Waals surface area contributed by atoms with E-state index in [4.69, 9.17) is 16.0 Å². The Morgan fingerprint density at radius 3 is 2.95 bits per heavy atom. The van der Waals surface area contributed by atoms with Crippen LogP contribution in [0.5, 0.6) is 0 Å². The summed E-state index contributed by atoms with van der Waals surface area (Å²) in [6.45, 7) is 0. The van der Waals surface area contributed by atoms with Crippen molar-refractivity contribution in [3.8, 4) is 11.5 Å². The van der Waals surface area contributed by atoms with Crippen LogP contribution in [0.3, 0.4) is 0 Å². The number of rotatable bonds is 1. The summed E-state index contributed by atoms with van der Waals surface area (Å²) in [5.74, 6) is 0.588. The van der Waals surface area contributed by atoms with Gasteiger partial charge in [0.05, 0.1) is 11.7 Å². The van der Waals surface area contributed by atoms with E-state index in [2.05, 4.69) is 10.1 Å². The summed E-state index contributed by atoms with van der Waals surface area (Å²) in [5, 5.41) is 5.97. The summed E-state index contributed by atoms with van der Waals surface area (Å²) in [6.07, 6.45) is 1.84. The summed E-state index contributed by atoms with van der Waals surface area (Å²) in [5.41, 5.74) is 3.46. The number of nitrogens with zero attached hydrogens (tertiary/aromatic N) is 3. The van der Waals surface area contributed by atoms with E-state index in [-0.39, 0.29) is 0 Å². The molecule has 2 heterocycles. The fourth-order valence-corrected chi connectivity index (χ4v) is 2.46. The topological polar surface area (TPSA) is 43.9 Å². The van der Waals surface area contributed by atoms with Crippen LogP contribution >= 0.6 is 11.6 Å². The van der Waals surface area contributed by atoms with Crippen molar-refractivity contribution in [3.63, 3.8) is 0 Å². The molecule has 4 nitrogen and oxygen atoms in total. The second kappa shape index (κ2) is 4.08. The Labute approximate surface area is 119 Å². The lowest BCUT2D eigenvalue weighted by atomic mass is 10.1. The lowest BCUT2D eigenvalue weighted by Crippen LogP contribution is -1.88. The van der Waals surface area contributed by atoms with E-state index in [1.807, 2.05) is 42.2 Å². The minimum atomic E-state index is 0.588. The molecular weight excluding hydrogens is 274 g/mol. The van der Waals surface area contributed by atoms with Gasteiger partial charge in [0.25, 0.3) is 0 Å². The Hall–Kier alpha value is -2.33. The number of hydrogen-bond acceptors (Lipinski definition) is 3. The van der Waals surface area contributed by atoms with E-state index < -0.39 is 0 Å². The van der Waals surface area contributed by atoms with Gasteiger partial charge in [-0.15, -0.1) is 0 Å². The molecule has 20 heavy (non-hydrogen) atoms.